The number of carbonyl (C=O) groups is 1. The number of hydrogen-bond donors (Lipinski definition) is 2. The van der Waals surface area contributed by atoms with Gasteiger partial charge in [0.05, 0.1) is 5.56 Å². The van der Waals surface area contributed by atoms with Gasteiger partial charge in [-0.25, -0.2) is 4.39 Å². The van der Waals surface area contributed by atoms with Gasteiger partial charge in [-0.05, 0) is 31.0 Å². The summed E-state index contributed by atoms with van der Waals surface area (Å²) in [6.45, 7) is 1.63. The number of amides is 1. The first kappa shape index (κ1) is 16.4. The van der Waals surface area contributed by atoms with Gasteiger partial charge in [0.1, 0.15) is 5.82 Å². The van der Waals surface area contributed by atoms with Gasteiger partial charge >= 0.3 is 6.18 Å². The van der Waals surface area contributed by atoms with Gasteiger partial charge in [0.25, 0.3) is 5.91 Å². The average molecular weight is 293 g/mol. The van der Waals surface area contributed by atoms with Crippen LogP contribution < -0.4 is 5.32 Å². The third kappa shape index (κ3) is 4.19. The Labute approximate surface area is 113 Å². The summed E-state index contributed by atoms with van der Waals surface area (Å²) >= 11 is 0. The van der Waals surface area contributed by atoms with Crippen molar-refractivity contribution in [2.24, 2.45) is 0 Å². The molecule has 1 rings (SSSR count). The normalized spacial score (nSPS) is 13.1. The molecule has 0 heterocycles. The summed E-state index contributed by atoms with van der Waals surface area (Å²) in [5, 5.41) is 11.3. The standard InChI is InChI=1S/C13H15F4NO2/c1-2-9(5-6-19)18-12(20)8-3-4-11(14)10(7-8)13(15,16)17/h3-4,7,9,19H,2,5-6H2,1H3,(H,18,20). The lowest BCUT2D eigenvalue weighted by molar-refractivity contribution is -0.140. The largest absolute Gasteiger partial charge is 0.419 e. The van der Waals surface area contributed by atoms with Crippen LogP contribution in [0.3, 0.4) is 0 Å². The van der Waals surface area contributed by atoms with Gasteiger partial charge in [-0.3, -0.25) is 4.79 Å². The van der Waals surface area contributed by atoms with Crippen LogP contribution in [-0.4, -0.2) is 23.7 Å². The maximum Gasteiger partial charge on any atom is 0.419 e. The van der Waals surface area contributed by atoms with Gasteiger partial charge in [0, 0.05) is 18.2 Å². The highest BCUT2D eigenvalue weighted by Crippen LogP contribution is 2.31. The molecule has 1 unspecified atom stereocenters. The number of benzene rings is 1. The first-order valence-electron chi connectivity index (χ1n) is 6.08. The van der Waals surface area contributed by atoms with Crippen LogP contribution in [0.25, 0.3) is 0 Å². The van der Waals surface area contributed by atoms with Crippen molar-refractivity contribution >= 4 is 5.91 Å². The molecule has 0 fully saturated rings. The lowest BCUT2D eigenvalue weighted by atomic mass is 10.1. The lowest BCUT2D eigenvalue weighted by Crippen LogP contribution is -2.35. The van der Waals surface area contributed by atoms with E-state index in [2.05, 4.69) is 5.32 Å². The number of carbonyl (C=O) groups excluding carboxylic acids is 1. The Morgan fingerprint density at radius 1 is 1.40 bits per heavy atom. The molecule has 0 radical (unpaired) electrons. The molecule has 20 heavy (non-hydrogen) atoms. The number of aliphatic hydroxyl groups is 1. The van der Waals surface area contributed by atoms with Crippen LogP contribution in [0.4, 0.5) is 17.6 Å². The molecule has 1 atom stereocenters. The predicted molar refractivity (Wildman–Crippen MR) is 64.7 cm³/mol. The second-order valence-corrected chi connectivity index (χ2v) is 4.28. The molecule has 2 N–H and O–H groups in total. The Morgan fingerprint density at radius 2 is 2.05 bits per heavy atom. The van der Waals surface area contributed by atoms with Crippen LogP contribution in [-0.2, 0) is 6.18 Å². The van der Waals surface area contributed by atoms with Crippen LogP contribution in [0.1, 0.15) is 35.7 Å². The minimum Gasteiger partial charge on any atom is -0.396 e. The van der Waals surface area contributed by atoms with Crippen molar-refractivity contribution in [1.29, 1.82) is 0 Å². The highest BCUT2D eigenvalue weighted by atomic mass is 19.4. The summed E-state index contributed by atoms with van der Waals surface area (Å²) in [7, 11) is 0. The molecular formula is C13H15F4NO2. The number of nitrogens with one attached hydrogen (secondary N) is 1. The highest BCUT2D eigenvalue weighted by Gasteiger charge is 2.34. The van der Waals surface area contributed by atoms with Crippen molar-refractivity contribution in [1.82, 2.24) is 5.32 Å². The van der Waals surface area contributed by atoms with E-state index in [-0.39, 0.29) is 18.2 Å². The van der Waals surface area contributed by atoms with Gasteiger partial charge in [0.15, 0.2) is 0 Å². The van der Waals surface area contributed by atoms with Gasteiger partial charge < -0.3 is 10.4 Å². The maximum absolute atomic E-state index is 13.1. The molecule has 0 aliphatic heterocycles. The average Bonchev–Trinajstić information content (AvgIpc) is 2.37. The minimum absolute atomic E-state index is 0.143. The molecule has 0 bridgehead atoms. The quantitative estimate of drug-likeness (QED) is 0.820. The third-order valence-corrected chi connectivity index (χ3v) is 2.84. The molecular weight excluding hydrogens is 278 g/mol. The topological polar surface area (TPSA) is 49.3 Å². The van der Waals surface area contributed by atoms with Crippen molar-refractivity contribution in [3.05, 3.63) is 35.1 Å². The van der Waals surface area contributed by atoms with Crippen LogP contribution >= 0.6 is 0 Å². The Hall–Kier alpha value is -1.63. The number of hydrogen-bond acceptors (Lipinski definition) is 2. The molecule has 7 heteroatoms. The summed E-state index contributed by atoms with van der Waals surface area (Å²) in [6.07, 6.45) is -4.02. The fraction of sp³-hybridized carbons (Fsp3) is 0.462. The zero-order valence-corrected chi connectivity index (χ0v) is 10.8. The molecule has 1 amide bonds. The van der Waals surface area contributed by atoms with E-state index in [0.717, 1.165) is 6.07 Å². The van der Waals surface area contributed by atoms with Crippen LogP contribution in [0.5, 0.6) is 0 Å². The van der Waals surface area contributed by atoms with E-state index in [9.17, 15) is 22.4 Å². The summed E-state index contributed by atoms with van der Waals surface area (Å²) in [6, 6.07) is 1.75. The fourth-order valence-electron chi connectivity index (χ4n) is 1.69. The van der Waals surface area contributed by atoms with Crippen molar-refractivity contribution in [3.63, 3.8) is 0 Å². The molecule has 1 aromatic rings. The number of aliphatic hydroxyl groups excluding tert-OH is 1. The van der Waals surface area contributed by atoms with E-state index in [1.807, 2.05) is 0 Å². The second-order valence-electron chi connectivity index (χ2n) is 4.28. The van der Waals surface area contributed by atoms with Crippen molar-refractivity contribution in [3.8, 4) is 0 Å². The molecule has 0 saturated heterocycles. The Morgan fingerprint density at radius 3 is 2.55 bits per heavy atom. The Balaban J connectivity index is 2.94. The number of alkyl halides is 3. The zero-order chi connectivity index (χ0) is 15.3. The summed E-state index contributed by atoms with van der Waals surface area (Å²) in [5.41, 5.74) is -1.74. The van der Waals surface area contributed by atoms with E-state index in [0.29, 0.717) is 25.0 Å². The van der Waals surface area contributed by atoms with Crippen LogP contribution in [0, 0.1) is 5.82 Å². The first-order chi connectivity index (χ1) is 9.29. The molecule has 0 saturated carbocycles. The van der Waals surface area contributed by atoms with Gasteiger partial charge in [0.2, 0.25) is 0 Å². The molecule has 3 nitrogen and oxygen atoms in total. The summed E-state index contributed by atoms with van der Waals surface area (Å²) in [5.74, 6) is -2.15. The van der Waals surface area contributed by atoms with Crippen LogP contribution in [0.2, 0.25) is 0 Å². The molecule has 0 spiro atoms. The lowest BCUT2D eigenvalue weighted by Gasteiger charge is -2.16. The summed E-state index contributed by atoms with van der Waals surface area (Å²) in [4.78, 5) is 11.8. The minimum atomic E-state index is -4.85. The van der Waals surface area contributed by atoms with E-state index in [4.69, 9.17) is 5.11 Å². The van der Waals surface area contributed by atoms with Gasteiger partial charge in [-0.1, -0.05) is 6.92 Å². The SMILES string of the molecule is CCC(CCO)NC(=O)c1ccc(F)c(C(F)(F)F)c1. The third-order valence-electron chi connectivity index (χ3n) is 2.84. The molecule has 112 valence electrons. The Kier molecular flexibility index (Phi) is 5.50. The fourth-order valence-corrected chi connectivity index (χ4v) is 1.69. The smallest absolute Gasteiger partial charge is 0.396 e. The predicted octanol–water partition coefficient (Wildman–Crippen LogP) is 2.74. The number of halogens is 4. The van der Waals surface area contributed by atoms with E-state index in [1.165, 1.54) is 0 Å². The van der Waals surface area contributed by atoms with E-state index >= 15 is 0 Å². The van der Waals surface area contributed by atoms with E-state index < -0.39 is 23.5 Å². The second kappa shape index (κ2) is 6.69. The highest BCUT2D eigenvalue weighted by molar-refractivity contribution is 5.94. The van der Waals surface area contributed by atoms with Crippen molar-refractivity contribution in [2.75, 3.05) is 6.61 Å². The van der Waals surface area contributed by atoms with Crippen molar-refractivity contribution in [2.45, 2.75) is 32.0 Å². The van der Waals surface area contributed by atoms with Gasteiger partial charge in [-0.15, -0.1) is 0 Å². The van der Waals surface area contributed by atoms with E-state index in [1.54, 1.807) is 6.92 Å². The number of rotatable bonds is 5. The zero-order valence-electron chi connectivity index (χ0n) is 10.8. The molecule has 0 aromatic heterocycles. The Bertz CT molecular complexity index is 474. The maximum atomic E-state index is 13.1. The van der Waals surface area contributed by atoms with Crippen molar-refractivity contribution < 1.29 is 27.5 Å². The summed E-state index contributed by atoms with van der Waals surface area (Å²) < 4.78 is 50.7. The monoisotopic (exact) mass is 293 g/mol. The van der Waals surface area contributed by atoms with Gasteiger partial charge in [-0.2, -0.15) is 13.2 Å². The molecule has 1 aromatic carbocycles. The van der Waals surface area contributed by atoms with Crippen LogP contribution in [0.15, 0.2) is 18.2 Å². The molecule has 0 aliphatic carbocycles. The first-order valence-corrected chi connectivity index (χ1v) is 6.08. The molecule has 0 aliphatic rings.